The number of rotatable bonds is 0. The summed E-state index contributed by atoms with van der Waals surface area (Å²) in [4.78, 5) is 0. The Bertz CT molecular complexity index is 27.2. The van der Waals surface area contributed by atoms with Gasteiger partial charge in [0.1, 0.15) is 0 Å². The first-order valence-electron chi connectivity index (χ1n) is 2.43. The second-order valence-corrected chi connectivity index (χ2v) is 2.61. The van der Waals surface area contributed by atoms with Gasteiger partial charge in [0.05, 0.1) is 18.5 Å². The molecule has 1 saturated heterocycles. The Balaban J connectivity index is 0.000000360. The molecule has 2 N–H and O–H groups in total. The van der Waals surface area contributed by atoms with Crippen LogP contribution in [-0.4, -0.2) is 12.3 Å². The lowest BCUT2D eigenvalue weighted by atomic mass is 10.3. The van der Waals surface area contributed by atoms with Gasteiger partial charge in [-0.05, 0) is 12.8 Å². The minimum atomic E-state index is 0. The highest BCUT2D eigenvalue weighted by Crippen LogP contribution is 1.96. The Labute approximate surface area is 54.8 Å². The maximum absolute atomic E-state index is 2.31. The fourth-order valence-corrected chi connectivity index (χ4v) is 1.45. The van der Waals surface area contributed by atoms with Gasteiger partial charge in [0.25, 0.3) is 0 Å². The standard InChI is InChI=1S/C4H9NS.ClH/c1-2-4-6-5-3-1;/h5H,1-4H2;1H. The molecule has 1 nitrogen and oxygen atoms in total. The summed E-state index contributed by atoms with van der Waals surface area (Å²) in [5, 5.41) is 0. The van der Waals surface area contributed by atoms with E-state index < -0.39 is 0 Å². The van der Waals surface area contributed by atoms with Crippen molar-refractivity contribution in [3.8, 4) is 0 Å². The van der Waals surface area contributed by atoms with Crippen LogP contribution in [-0.2, 0) is 0 Å². The van der Waals surface area contributed by atoms with Crippen LogP contribution in [0.1, 0.15) is 12.8 Å². The molecule has 1 aliphatic rings. The summed E-state index contributed by atoms with van der Waals surface area (Å²) in [6.07, 6.45) is 2.86. The molecule has 0 atom stereocenters. The fourth-order valence-electron chi connectivity index (χ4n) is 0.580. The second-order valence-electron chi connectivity index (χ2n) is 1.53. The van der Waals surface area contributed by atoms with E-state index in [9.17, 15) is 0 Å². The van der Waals surface area contributed by atoms with Crippen LogP contribution < -0.4 is 17.1 Å². The van der Waals surface area contributed by atoms with E-state index >= 15 is 0 Å². The SMILES string of the molecule is C1CCS[NH2+]C1.[Cl-]. The number of hydrogen-bond donors (Lipinski definition) is 1. The van der Waals surface area contributed by atoms with Crippen molar-refractivity contribution in [1.29, 1.82) is 0 Å². The molecular formula is C4H10ClNS. The minimum Gasteiger partial charge on any atom is -1.00 e. The zero-order valence-electron chi connectivity index (χ0n) is 4.19. The lowest BCUT2D eigenvalue weighted by molar-refractivity contribution is -0.484. The van der Waals surface area contributed by atoms with Crippen LogP contribution in [0.2, 0.25) is 0 Å². The molecule has 0 unspecified atom stereocenters. The summed E-state index contributed by atoms with van der Waals surface area (Å²) < 4.78 is 2.31. The van der Waals surface area contributed by atoms with Gasteiger partial charge in [0.2, 0.25) is 0 Å². The third-order valence-corrected chi connectivity index (χ3v) is 1.95. The third kappa shape index (κ3) is 3.21. The molecule has 7 heavy (non-hydrogen) atoms. The lowest BCUT2D eigenvalue weighted by Gasteiger charge is -2.03. The molecule has 1 aliphatic heterocycles. The van der Waals surface area contributed by atoms with E-state index in [1.165, 1.54) is 25.1 Å². The molecular weight excluding hydrogens is 130 g/mol. The number of halogens is 1. The quantitative estimate of drug-likeness (QED) is 0.354. The minimum absolute atomic E-state index is 0. The molecule has 0 bridgehead atoms. The Kier molecular flexibility index (Phi) is 5.16. The van der Waals surface area contributed by atoms with Crippen LogP contribution in [0.4, 0.5) is 0 Å². The molecule has 44 valence electrons. The van der Waals surface area contributed by atoms with Gasteiger partial charge in [-0.15, -0.1) is 0 Å². The van der Waals surface area contributed by atoms with Gasteiger partial charge in [0, 0.05) is 5.75 Å². The van der Waals surface area contributed by atoms with Crippen LogP contribution in [0.15, 0.2) is 0 Å². The molecule has 1 fully saturated rings. The average Bonchev–Trinajstić information content (AvgIpc) is 1.72. The molecule has 3 heteroatoms. The number of nitrogens with two attached hydrogens (primary N) is 1. The first-order valence-corrected chi connectivity index (χ1v) is 3.48. The normalized spacial score (nSPS) is 20.6. The van der Waals surface area contributed by atoms with Crippen molar-refractivity contribution in [1.82, 2.24) is 0 Å². The first kappa shape index (κ1) is 7.60. The highest BCUT2D eigenvalue weighted by atomic mass is 35.5. The Morgan fingerprint density at radius 2 is 2.14 bits per heavy atom. The number of hydrogen-bond acceptors (Lipinski definition) is 1. The first-order chi connectivity index (χ1) is 3.00. The van der Waals surface area contributed by atoms with Gasteiger partial charge in [-0.1, -0.05) is 0 Å². The summed E-state index contributed by atoms with van der Waals surface area (Å²) in [5.74, 6) is 1.36. The van der Waals surface area contributed by atoms with E-state index in [1.807, 2.05) is 11.9 Å². The van der Waals surface area contributed by atoms with Gasteiger partial charge in [0.15, 0.2) is 0 Å². The summed E-state index contributed by atoms with van der Waals surface area (Å²) in [6, 6.07) is 0. The van der Waals surface area contributed by atoms with Gasteiger partial charge in [-0.2, -0.15) is 0 Å². The maximum atomic E-state index is 2.31. The van der Waals surface area contributed by atoms with Crippen LogP contribution in [0.3, 0.4) is 0 Å². The van der Waals surface area contributed by atoms with E-state index in [-0.39, 0.29) is 12.4 Å². The molecule has 0 radical (unpaired) electrons. The van der Waals surface area contributed by atoms with Crippen LogP contribution >= 0.6 is 11.9 Å². The van der Waals surface area contributed by atoms with Gasteiger partial charge in [-0.25, -0.2) is 0 Å². The molecule has 0 aromatic rings. The predicted octanol–water partition coefficient (Wildman–Crippen LogP) is -3.00. The van der Waals surface area contributed by atoms with Gasteiger partial charge in [-0.3, -0.25) is 4.72 Å². The van der Waals surface area contributed by atoms with Crippen LogP contribution in [0.5, 0.6) is 0 Å². The van der Waals surface area contributed by atoms with E-state index in [4.69, 9.17) is 0 Å². The highest BCUT2D eigenvalue weighted by Gasteiger charge is 1.99. The molecule has 1 heterocycles. The summed E-state index contributed by atoms with van der Waals surface area (Å²) in [7, 11) is 0. The number of quaternary nitrogens is 1. The topological polar surface area (TPSA) is 16.6 Å². The smallest absolute Gasteiger partial charge is 0.0860 e. The van der Waals surface area contributed by atoms with Gasteiger partial charge < -0.3 is 12.4 Å². The van der Waals surface area contributed by atoms with E-state index in [0.29, 0.717) is 0 Å². The predicted molar refractivity (Wildman–Crippen MR) is 28.5 cm³/mol. The zero-order chi connectivity index (χ0) is 4.24. The van der Waals surface area contributed by atoms with Crippen molar-refractivity contribution in [3.63, 3.8) is 0 Å². The Morgan fingerprint density at radius 3 is 2.29 bits per heavy atom. The summed E-state index contributed by atoms with van der Waals surface area (Å²) >= 11 is 1.97. The summed E-state index contributed by atoms with van der Waals surface area (Å²) in [5.41, 5.74) is 0. The maximum Gasteiger partial charge on any atom is 0.0860 e. The summed E-state index contributed by atoms with van der Waals surface area (Å²) in [6.45, 7) is 1.34. The third-order valence-electron chi connectivity index (χ3n) is 0.952. The van der Waals surface area contributed by atoms with E-state index in [1.54, 1.807) is 0 Å². The van der Waals surface area contributed by atoms with Crippen molar-refractivity contribution in [3.05, 3.63) is 0 Å². The van der Waals surface area contributed by atoms with E-state index in [0.717, 1.165) is 0 Å². The van der Waals surface area contributed by atoms with Crippen molar-refractivity contribution >= 4 is 11.9 Å². The molecule has 0 spiro atoms. The van der Waals surface area contributed by atoms with Gasteiger partial charge >= 0.3 is 0 Å². The molecule has 0 amide bonds. The van der Waals surface area contributed by atoms with Crippen molar-refractivity contribution in [2.24, 2.45) is 0 Å². The van der Waals surface area contributed by atoms with E-state index in [2.05, 4.69) is 4.72 Å². The zero-order valence-corrected chi connectivity index (χ0v) is 5.76. The fraction of sp³-hybridized carbons (Fsp3) is 1.00. The average molecular weight is 140 g/mol. The largest absolute Gasteiger partial charge is 1.00 e. The Morgan fingerprint density at radius 1 is 1.29 bits per heavy atom. The molecule has 0 saturated carbocycles. The monoisotopic (exact) mass is 139 g/mol. The van der Waals surface area contributed by atoms with Crippen LogP contribution in [0.25, 0.3) is 0 Å². The van der Waals surface area contributed by atoms with Crippen LogP contribution in [0, 0.1) is 0 Å². The lowest BCUT2D eigenvalue weighted by Crippen LogP contribution is -3.00. The molecule has 0 aromatic heterocycles. The molecule has 0 aliphatic carbocycles. The molecule has 0 aromatic carbocycles. The highest BCUT2D eigenvalue weighted by molar-refractivity contribution is 7.92. The van der Waals surface area contributed by atoms with Crippen molar-refractivity contribution < 1.29 is 17.1 Å². The van der Waals surface area contributed by atoms with Crippen molar-refractivity contribution in [2.45, 2.75) is 12.8 Å². The second kappa shape index (κ2) is 4.75. The Hall–Kier alpha value is 0.600. The molecule has 1 rings (SSSR count). The van der Waals surface area contributed by atoms with Crippen molar-refractivity contribution in [2.75, 3.05) is 12.3 Å².